The Kier molecular flexibility index (Phi) is 7.69. The molecule has 2 aromatic carbocycles. The lowest BCUT2D eigenvalue weighted by molar-refractivity contribution is -0.327. The summed E-state index contributed by atoms with van der Waals surface area (Å²) >= 11 is 0. The lowest BCUT2D eigenvalue weighted by Crippen LogP contribution is -2.59. The van der Waals surface area contributed by atoms with E-state index in [0.717, 1.165) is 11.1 Å². The lowest BCUT2D eigenvalue weighted by atomic mass is 10.0. The Labute approximate surface area is 198 Å². The first-order valence-corrected chi connectivity index (χ1v) is 13.4. The fraction of sp³-hybridized carbons (Fsp3) is 0.455. The molecule has 0 saturated carbocycles. The van der Waals surface area contributed by atoms with E-state index in [9.17, 15) is 16.8 Å². The van der Waals surface area contributed by atoms with Crippen molar-refractivity contribution < 1.29 is 44.1 Å². The van der Waals surface area contributed by atoms with E-state index in [1.54, 1.807) is 24.3 Å². The van der Waals surface area contributed by atoms with Crippen LogP contribution in [0.15, 0.2) is 58.3 Å². The van der Waals surface area contributed by atoms with Crippen LogP contribution in [0, 0.1) is 13.8 Å². The molecule has 0 N–H and O–H groups in total. The van der Waals surface area contributed by atoms with E-state index >= 15 is 0 Å². The predicted octanol–water partition coefficient (Wildman–Crippen LogP) is 1.90. The monoisotopic (exact) mass is 514 g/mol. The smallest absolute Gasteiger partial charge is 0.297 e. The van der Waals surface area contributed by atoms with Gasteiger partial charge in [-0.25, -0.2) is 0 Å². The van der Waals surface area contributed by atoms with E-state index < -0.39 is 44.7 Å². The minimum atomic E-state index is -4.00. The highest BCUT2D eigenvalue weighted by atomic mass is 32.2. The van der Waals surface area contributed by atoms with Crippen molar-refractivity contribution in [2.24, 2.45) is 0 Å². The second-order valence-corrected chi connectivity index (χ2v) is 11.2. The van der Waals surface area contributed by atoms with E-state index in [1.807, 2.05) is 13.8 Å². The van der Waals surface area contributed by atoms with Crippen molar-refractivity contribution in [3.05, 3.63) is 59.7 Å². The fourth-order valence-electron chi connectivity index (χ4n) is 3.57. The maximum Gasteiger partial charge on any atom is 0.297 e. The van der Waals surface area contributed by atoms with Gasteiger partial charge in [0.15, 0.2) is 0 Å². The van der Waals surface area contributed by atoms with Crippen LogP contribution in [-0.2, 0) is 47.5 Å². The summed E-state index contributed by atoms with van der Waals surface area (Å²) < 4.78 is 82.7. The largest absolute Gasteiger partial charge is 0.347 e. The van der Waals surface area contributed by atoms with Gasteiger partial charge in [-0.2, -0.15) is 16.8 Å². The van der Waals surface area contributed by atoms with Crippen molar-refractivity contribution in [3.8, 4) is 0 Å². The van der Waals surface area contributed by atoms with Crippen LogP contribution in [0.1, 0.15) is 11.1 Å². The summed E-state index contributed by atoms with van der Waals surface area (Å²) in [6, 6.07) is 12.6. The summed E-state index contributed by atoms with van der Waals surface area (Å²) in [5.74, 6) is 0. The van der Waals surface area contributed by atoms with Gasteiger partial charge < -0.3 is 18.9 Å². The third kappa shape index (κ3) is 5.83. The minimum absolute atomic E-state index is 0.0298. The van der Waals surface area contributed by atoms with Gasteiger partial charge in [0.05, 0.1) is 23.0 Å². The number of aryl methyl sites for hydroxylation is 2. The molecule has 2 fully saturated rings. The molecule has 2 aromatic rings. The van der Waals surface area contributed by atoms with Gasteiger partial charge in [-0.1, -0.05) is 35.4 Å². The Hall–Kier alpha value is -1.90. The molecule has 34 heavy (non-hydrogen) atoms. The number of fused-ring (bicyclic) bond motifs is 1. The van der Waals surface area contributed by atoms with Crippen molar-refractivity contribution in [3.63, 3.8) is 0 Å². The van der Waals surface area contributed by atoms with Gasteiger partial charge >= 0.3 is 0 Å². The van der Waals surface area contributed by atoms with Crippen LogP contribution >= 0.6 is 0 Å². The molecule has 2 aliphatic heterocycles. The fourth-order valence-corrected chi connectivity index (χ4v) is 5.41. The van der Waals surface area contributed by atoms with Crippen LogP contribution < -0.4 is 0 Å². The molecule has 0 radical (unpaired) electrons. The highest BCUT2D eigenvalue weighted by Crippen LogP contribution is 2.28. The lowest BCUT2D eigenvalue weighted by Gasteiger charge is -2.43. The Morgan fingerprint density at radius 3 is 1.35 bits per heavy atom. The highest BCUT2D eigenvalue weighted by Gasteiger charge is 2.45. The van der Waals surface area contributed by atoms with Crippen molar-refractivity contribution in [1.29, 1.82) is 0 Å². The maximum atomic E-state index is 12.5. The Morgan fingerprint density at radius 1 is 0.647 bits per heavy atom. The molecule has 10 nitrogen and oxygen atoms in total. The normalized spacial score (nSPS) is 25.6. The van der Waals surface area contributed by atoms with Gasteiger partial charge in [0.25, 0.3) is 20.2 Å². The van der Waals surface area contributed by atoms with E-state index in [0.29, 0.717) is 0 Å². The average molecular weight is 515 g/mol. The summed E-state index contributed by atoms with van der Waals surface area (Å²) in [6.07, 6.45) is -3.05. The van der Waals surface area contributed by atoms with E-state index in [2.05, 4.69) is 0 Å². The number of benzene rings is 2. The van der Waals surface area contributed by atoms with Gasteiger partial charge in [-0.15, -0.1) is 0 Å². The molecule has 0 amide bonds. The molecule has 0 aromatic heterocycles. The number of hydrogen-bond acceptors (Lipinski definition) is 10. The van der Waals surface area contributed by atoms with Crippen LogP contribution in [-0.4, -0.2) is 68.1 Å². The Morgan fingerprint density at radius 2 is 1.00 bits per heavy atom. The summed E-state index contributed by atoms with van der Waals surface area (Å²) in [5, 5.41) is 0. The SMILES string of the molecule is Cc1ccc(S(=O)(=O)OC[C@@H]2OCO[C@H]3[C@@H]2OCO[C@@H]3COS(=O)(=O)c2ccc(C)cc2)cc1. The first-order chi connectivity index (χ1) is 16.2. The second-order valence-electron chi connectivity index (χ2n) is 8.01. The number of ether oxygens (including phenoxy) is 4. The zero-order valence-electron chi connectivity index (χ0n) is 18.7. The second kappa shape index (κ2) is 10.4. The molecule has 4 rings (SSSR count). The molecule has 2 saturated heterocycles. The van der Waals surface area contributed by atoms with Crippen molar-refractivity contribution in [2.75, 3.05) is 26.8 Å². The van der Waals surface area contributed by atoms with Crippen LogP contribution in [0.4, 0.5) is 0 Å². The summed E-state index contributed by atoms with van der Waals surface area (Å²) in [4.78, 5) is 0.0596. The van der Waals surface area contributed by atoms with Gasteiger partial charge in [0.1, 0.15) is 38.0 Å². The molecule has 12 heteroatoms. The number of rotatable bonds is 8. The van der Waals surface area contributed by atoms with Crippen LogP contribution in [0.2, 0.25) is 0 Å². The summed E-state index contributed by atoms with van der Waals surface area (Å²) in [7, 11) is -8.01. The van der Waals surface area contributed by atoms with E-state index in [-0.39, 0.29) is 36.6 Å². The molecule has 186 valence electrons. The average Bonchev–Trinajstić information content (AvgIpc) is 2.82. The predicted molar refractivity (Wildman–Crippen MR) is 118 cm³/mol. The number of hydrogen-bond donors (Lipinski definition) is 0. The molecular weight excluding hydrogens is 488 g/mol. The topological polar surface area (TPSA) is 124 Å². The summed E-state index contributed by atoms with van der Waals surface area (Å²) in [5.41, 5.74) is 1.84. The molecule has 0 spiro atoms. The van der Waals surface area contributed by atoms with Gasteiger partial charge in [0, 0.05) is 0 Å². The van der Waals surface area contributed by atoms with Crippen molar-refractivity contribution in [2.45, 2.75) is 48.1 Å². The molecule has 4 atom stereocenters. The van der Waals surface area contributed by atoms with E-state index in [1.165, 1.54) is 24.3 Å². The van der Waals surface area contributed by atoms with Gasteiger partial charge in [-0.05, 0) is 38.1 Å². The Balaban J connectivity index is 1.38. The van der Waals surface area contributed by atoms with Crippen LogP contribution in [0.5, 0.6) is 0 Å². The van der Waals surface area contributed by atoms with Gasteiger partial charge in [0.2, 0.25) is 0 Å². The third-order valence-corrected chi connectivity index (χ3v) is 8.13. The standard InChI is InChI=1S/C22H26O10S2/c1-15-3-7-17(8-4-15)33(23,24)31-11-19-21-22(30-13-27-19)20(28-14-29-21)12-32-34(25,26)18-9-5-16(2)6-10-18/h3-10,19-22H,11-14H2,1-2H3/t19-,20+,21-,22-/m1/s1. The molecule has 2 aliphatic rings. The first kappa shape index (κ1) is 25.2. The first-order valence-electron chi connectivity index (χ1n) is 10.5. The molecular formula is C22H26O10S2. The zero-order valence-corrected chi connectivity index (χ0v) is 20.3. The quantitative estimate of drug-likeness (QED) is 0.483. The molecule has 2 heterocycles. The van der Waals surface area contributed by atoms with E-state index in [4.69, 9.17) is 27.3 Å². The van der Waals surface area contributed by atoms with Crippen LogP contribution in [0.3, 0.4) is 0 Å². The molecule has 0 unspecified atom stereocenters. The van der Waals surface area contributed by atoms with Crippen molar-refractivity contribution in [1.82, 2.24) is 0 Å². The maximum absolute atomic E-state index is 12.5. The Bertz CT molecular complexity index is 1080. The zero-order chi connectivity index (χ0) is 24.3. The van der Waals surface area contributed by atoms with Crippen LogP contribution in [0.25, 0.3) is 0 Å². The third-order valence-electron chi connectivity index (χ3n) is 5.54. The van der Waals surface area contributed by atoms with Crippen molar-refractivity contribution >= 4 is 20.2 Å². The minimum Gasteiger partial charge on any atom is -0.347 e. The summed E-state index contributed by atoms with van der Waals surface area (Å²) in [6.45, 7) is 2.73. The highest BCUT2D eigenvalue weighted by molar-refractivity contribution is 7.87. The molecule has 0 aliphatic carbocycles. The molecule has 0 bridgehead atoms. The van der Waals surface area contributed by atoms with Gasteiger partial charge in [-0.3, -0.25) is 8.37 Å².